The lowest BCUT2D eigenvalue weighted by atomic mass is 10.0. The van der Waals surface area contributed by atoms with Gasteiger partial charge in [0.15, 0.2) is 0 Å². The predicted molar refractivity (Wildman–Crippen MR) is 163 cm³/mol. The van der Waals surface area contributed by atoms with Crippen molar-refractivity contribution in [2.45, 2.75) is 70.9 Å². The van der Waals surface area contributed by atoms with Gasteiger partial charge >= 0.3 is 5.97 Å². The number of hydrogen-bond acceptors (Lipinski definition) is 7. The summed E-state index contributed by atoms with van der Waals surface area (Å²) in [6, 6.07) is 9.70. The average molecular weight is 589 g/mol. The molecular weight excluding hydrogens is 544 g/mol. The highest BCUT2D eigenvalue weighted by molar-refractivity contribution is 5.96. The number of anilines is 1. The zero-order valence-corrected chi connectivity index (χ0v) is 25.4. The summed E-state index contributed by atoms with van der Waals surface area (Å²) in [6.45, 7) is 8.50. The average Bonchev–Trinajstić information content (AvgIpc) is 3.79. The Bertz CT molecular complexity index is 1310. The summed E-state index contributed by atoms with van der Waals surface area (Å²) in [6.07, 6.45) is 6.52. The van der Waals surface area contributed by atoms with Crippen LogP contribution >= 0.6 is 0 Å². The van der Waals surface area contributed by atoms with E-state index in [1.54, 1.807) is 4.90 Å². The number of likely N-dealkylation sites (tertiary alicyclic amines) is 2. The number of carboxylic acid groups (broad SMARTS) is 1. The zero-order valence-electron chi connectivity index (χ0n) is 25.4. The fourth-order valence-corrected chi connectivity index (χ4v) is 7.79. The van der Waals surface area contributed by atoms with Crippen molar-refractivity contribution < 1.29 is 19.5 Å². The Hall–Kier alpha value is -3.53. The number of carboxylic acids is 1. The Morgan fingerprint density at radius 2 is 1.58 bits per heavy atom. The van der Waals surface area contributed by atoms with Crippen LogP contribution in [0.2, 0.25) is 0 Å². The predicted octanol–water partition coefficient (Wildman–Crippen LogP) is 3.59. The highest BCUT2D eigenvalue weighted by atomic mass is 16.4. The number of nitrogens with one attached hydrogen (secondary N) is 1. The van der Waals surface area contributed by atoms with Gasteiger partial charge in [-0.3, -0.25) is 9.59 Å². The summed E-state index contributed by atoms with van der Waals surface area (Å²) in [5, 5.41) is 12.9. The van der Waals surface area contributed by atoms with E-state index in [2.05, 4.69) is 32.3 Å². The second kappa shape index (κ2) is 12.6. The van der Waals surface area contributed by atoms with E-state index in [0.717, 1.165) is 63.7 Å². The van der Waals surface area contributed by atoms with Gasteiger partial charge in [-0.05, 0) is 63.4 Å². The van der Waals surface area contributed by atoms with Gasteiger partial charge in [-0.2, -0.15) is 0 Å². The lowest BCUT2D eigenvalue weighted by molar-refractivity contribution is -0.138. The maximum absolute atomic E-state index is 13.7. The second-order valence-electron chi connectivity index (χ2n) is 13.0. The molecule has 2 N–H and O–H groups in total. The Morgan fingerprint density at radius 3 is 2.21 bits per heavy atom. The molecule has 43 heavy (non-hydrogen) atoms. The molecular formula is C33H44N6O4. The quantitative estimate of drug-likeness (QED) is 0.456. The van der Waals surface area contributed by atoms with Crippen LogP contribution in [0.3, 0.4) is 0 Å². The number of aryl methyl sites for hydroxylation is 2. The van der Waals surface area contributed by atoms with Crippen molar-refractivity contribution >= 4 is 23.7 Å². The molecule has 0 bridgehead atoms. The van der Waals surface area contributed by atoms with Gasteiger partial charge in [0.05, 0.1) is 23.0 Å². The number of aliphatic carboxylic acids is 1. The minimum Gasteiger partial charge on any atom is -0.480 e. The van der Waals surface area contributed by atoms with Crippen LogP contribution < -0.4 is 10.2 Å². The van der Waals surface area contributed by atoms with Crippen molar-refractivity contribution in [2.24, 2.45) is 17.8 Å². The Balaban J connectivity index is 1.05. The van der Waals surface area contributed by atoms with Gasteiger partial charge in [0, 0.05) is 45.2 Å². The summed E-state index contributed by atoms with van der Waals surface area (Å²) in [5.41, 5.74) is 2.91. The van der Waals surface area contributed by atoms with Crippen LogP contribution in [0.4, 0.5) is 5.95 Å². The first-order valence-corrected chi connectivity index (χ1v) is 16.0. The molecule has 1 aliphatic carbocycles. The molecule has 1 aromatic heterocycles. The molecule has 10 heteroatoms. The van der Waals surface area contributed by atoms with Crippen LogP contribution in [0, 0.1) is 31.6 Å². The van der Waals surface area contributed by atoms with E-state index in [0.29, 0.717) is 60.8 Å². The maximum atomic E-state index is 13.7. The van der Waals surface area contributed by atoms with Gasteiger partial charge in [-0.25, -0.2) is 14.8 Å². The monoisotopic (exact) mass is 588 g/mol. The summed E-state index contributed by atoms with van der Waals surface area (Å²) in [5.74, 6) is 0.706. The van der Waals surface area contributed by atoms with Gasteiger partial charge in [0.1, 0.15) is 6.04 Å². The van der Waals surface area contributed by atoms with E-state index in [9.17, 15) is 19.5 Å². The van der Waals surface area contributed by atoms with Gasteiger partial charge in [-0.15, -0.1) is 0 Å². The fourth-order valence-electron chi connectivity index (χ4n) is 7.79. The summed E-state index contributed by atoms with van der Waals surface area (Å²) < 4.78 is 0. The van der Waals surface area contributed by atoms with Crippen molar-refractivity contribution in [3.8, 4) is 0 Å². The van der Waals surface area contributed by atoms with Gasteiger partial charge in [-0.1, -0.05) is 43.2 Å². The molecule has 3 aliphatic heterocycles. The van der Waals surface area contributed by atoms with Gasteiger partial charge < -0.3 is 25.1 Å². The first-order chi connectivity index (χ1) is 20.8. The largest absolute Gasteiger partial charge is 0.480 e. The zero-order chi connectivity index (χ0) is 30.1. The van der Waals surface area contributed by atoms with Crippen LogP contribution in [-0.2, 0) is 9.59 Å². The standard InChI is InChI=1S/C33H44N6O4/c1-21-29(22(2)35-33(34-21)39-15-8-13-28(39)32(42)43)31(41)38-19-25-17-37(18-26(25)20-38)16-14-27(23-9-4-3-5-10-23)36-30(40)24-11-6-7-12-24/h3-5,9-10,24-28H,6-8,11-20H2,1-2H3,(H,36,40)(H,42,43)/t25?,26?,27-,28-/m0/s1. The molecule has 10 nitrogen and oxygen atoms in total. The van der Waals surface area contributed by atoms with E-state index < -0.39 is 12.0 Å². The molecule has 2 amide bonds. The van der Waals surface area contributed by atoms with E-state index in [1.807, 2.05) is 36.9 Å². The molecule has 0 spiro atoms. The number of fused-ring (bicyclic) bond motifs is 1. The fraction of sp³-hybridized carbons (Fsp3) is 0.606. The number of nitrogens with zero attached hydrogens (tertiary/aromatic N) is 5. The smallest absolute Gasteiger partial charge is 0.326 e. The third-order valence-corrected chi connectivity index (χ3v) is 10.1. The molecule has 6 rings (SSSR count). The number of hydrogen-bond donors (Lipinski definition) is 2. The Labute approximate surface area is 253 Å². The molecule has 2 aromatic rings. The van der Waals surface area contributed by atoms with E-state index in [4.69, 9.17) is 0 Å². The van der Waals surface area contributed by atoms with Crippen molar-refractivity contribution in [1.82, 2.24) is 25.1 Å². The van der Waals surface area contributed by atoms with Crippen LogP contribution in [-0.4, -0.2) is 88.0 Å². The summed E-state index contributed by atoms with van der Waals surface area (Å²) in [7, 11) is 0. The van der Waals surface area contributed by atoms with E-state index in [-0.39, 0.29) is 23.8 Å². The number of carbonyl (C=O) groups is 3. The minimum absolute atomic E-state index is 0.00748. The lowest BCUT2D eigenvalue weighted by Gasteiger charge is -2.26. The number of aromatic nitrogens is 2. The molecule has 4 aliphatic rings. The molecule has 1 aromatic carbocycles. The Kier molecular flexibility index (Phi) is 8.66. The molecule has 3 saturated heterocycles. The van der Waals surface area contributed by atoms with Crippen LogP contribution in [0.25, 0.3) is 0 Å². The number of benzene rings is 1. The number of rotatable bonds is 9. The number of carbonyl (C=O) groups excluding carboxylic acids is 2. The SMILES string of the molecule is Cc1nc(N2CCC[C@H]2C(=O)O)nc(C)c1C(=O)N1CC2CN(CC[C@H](NC(=O)C3CCCC3)c3ccccc3)CC2C1. The highest BCUT2D eigenvalue weighted by Crippen LogP contribution is 2.34. The van der Waals surface area contributed by atoms with Crippen molar-refractivity contribution in [3.63, 3.8) is 0 Å². The topological polar surface area (TPSA) is 119 Å². The first-order valence-electron chi connectivity index (χ1n) is 16.0. The molecule has 1 saturated carbocycles. The number of amides is 2. The molecule has 0 radical (unpaired) electrons. The minimum atomic E-state index is -0.862. The van der Waals surface area contributed by atoms with Gasteiger partial charge in [0.25, 0.3) is 5.91 Å². The maximum Gasteiger partial charge on any atom is 0.326 e. The van der Waals surface area contributed by atoms with Crippen LogP contribution in [0.15, 0.2) is 30.3 Å². The van der Waals surface area contributed by atoms with Crippen molar-refractivity contribution in [3.05, 3.63) is 52.8 Å². The van der Waals surface area contributed by atoms with E-state index >= 15 is 0 Å². The third kappa shape index (κ3) is 6.25. The normalized spacial score (nSPS) is 24.8. The first kappa shape index (κ1) is 29.5. The van der Waals surface area contributed by atoms with E-state index in [1.165, 1.54) is 0 Å². The lowest BCUT2D eigenvalue weighted by Crippen LogP contribution is -2.38. The summed E-state index contributed by atoms with van der Waals surface area (Å²) >= 11 is 0. The molecule has 2 unspecified atom stereocenters. The van der Waals surface area contributed by atoms with Crippen LogP contribution in [0.5, 0.6) is 0 Å². The molecule has 4 heterocycles. The second-order valence-corrected chi connectivity index (χ2v) is 13.0. The molecule has 4 fully saturated rings. The summed E-state index contributed by atoms with van der Waals surface area (Å²) in [4.78, 5) is 53.7. The Morgan fingerprint density at radius 1 is 0.930 bits per heavy atom. The third-order valence-electron chi connectivity index (χ3n) is 10.1. The highest BCUT2D eigenvalue weighted by Gasteiger charge is 2.42. The van der Waals surface area contributed by atoms with Crippen molar-refractivity contribution in [2.75, 3.05) is 44.2 Å². The van der Waals surface area contributed by atoms with Crippen molar-refractivity contribution in [1.29, 1.82) is 0 Å². The molecule has 230 valence electrons. The molecule has 4 atom stereocenters. The van der Waals surface area contributed by atoms with Crippen LogP contribution in [0.1, 0.15) is 78.3 Å². The van der Waals surface area contributed by atoms with Gasteiger partial charge in [0.2, 0.25) is 11.9 Å².